The van der Waals surface area contributed by atoms with Gasteiger partial charge in [0.2, 0.25) is 0 Å². The van der Waals surface area contributed by atoms with E-state index >= 15 is 0 Å². The van der Waals surface area contributed by atoms with Crippen molar-refractivity contribution < 1.29 is 13.9 Å². The van der Waals surface area contributed by atoms with Crippen LogP contribution in [-0.2, 0) is 6.54 Å². The van der Waals surface area contributed by atoms with Gasteiger partial charge < -0.3 is 10.4 Å². The molecule has 1 aliphatic rings. The van der Waals surface area contributed by atoms with Crippen molar-refractivity contribution in [2.75, 3.05) is 6.54 Å². The lowest BCUT2D eigenvalue weighted by Gasteiger charge is -2.31. The molecule has 2 nitrogen and oxygen atoms in total. The third-order valence-corrected chi connectivity index (χ3v) is 2.97. The second-order valence-electron chi connectivity index (χ2n) is 4.36. The third kappa shape index (κ3) is 2.77. The summed E-state index contributed by atoms with van der Waals surface area (Å²) >= 11 is 0. The average molecular weight is 227 g/mol. The first-order valence-corrected chi connectivity index (χ1v) is 5.48. The Morgan fingerprint density at radius 3 is 2.69 bits per heavy atom. The average Bonchev–Trinajstić information content (AvgIpc) is 2.18. The van der Waals surface area contributed by atoms with Crippen LogP contribution in [0.15, 0.2) is 18.2 Å². The number of hydrogen-bond acceptors (Lipinski definition) is 2. The fraction of sp³-hybridized carbons (Fsp3) is 0.500. The van der Waals surface area contributed by atoms with Gasteiger partial charge in [-0.25, -0.2) is 8.78 Å². The minimum Gasteiger partial charge on any atom is -0.393 e. The van der Waals surface area contributed by atoms with Crippen molar-refractivity contribution in [1.29, 1.82) is 0 Å². The Morgan fingerprint density at radius 2 is 2.06 bits per heavy atom. The molecule has 1 aromatic carbocycles. The van der Waals surface area contributed by atoms with Crippen molar-refractivity contribution in [2.45, 2.75) is 25.5 Å². The second-order valence-corrected chi connectivity index (χ2v) is 4.36. The van der Waals surface area contributed by atoms with E-state index in [1.54, 1.807) is 0 Å². The predicted octanol–water partition coefficient (Wildman–Crippen LogP) is 1.83. The zero-order chi connectivity index (χ0) is 11.5. The molecule has 0 aromatic heterocycles. The van der Waals surface area contributed by atoms with Crippen LogP contribution in [0.25, 0.3) is 0 Å². The number of halogens is 2. The fourth-order valence-electron chi connectivity index (χ4n) is 1.94. The van der Waals surface area contributed by atoms with Gasteiger partial charge in [0.05, 0.1) is 6.10 Å². The van der Waals surface area contributed by atoms with E-state index in [0.717, 1.165) is 25.5 Å². The van der Waals surface area contributed by atoms with Crippen molar-refractivity contribution in [1.82, 2.24) is 5.32 Å². The predicted molar refractivity (Wildman–Crippen MR) is 56.8 cm³/mol. The lowest BCUT2D eigenvalue weighted by atomic mass is 9.82. The lowest BCUT2D eigenvalue weighted by Crippen LogP contribution is -2.36. The van der Waals surface area contributed by atoms with Gasteiger partial charge in [-0.15, -0.1) is 0 Å². The number of aliphatic hydroxyl groups is 1. The molecule has 1 aromatic rings. The quantitative estimate of drug-likeness (QED) is 0.822. The monoisotopic (exact) mass is 227 g/mol. The number of aliphatic hydroxyl groups excluding tert-OH is 1. The van der Waals surface area contributed by atoms with Crippen LogP contribution >= 0.6 is 0 Å². The normalized spacial score (nSPS) is 24.2. The smallest absolute Gasteiger partial charge is 0.130 e. The molecule has 0 bridgehead atoms. The Balaban J connectivity index is 1.76. The van der Waals surface area contributed by atoms with Gasteiger partial charge in [0.15, 0.2) is 0 Å². The van der Waals surface area contributed by atoms with Gasteiger partial charge in [-0.1, -0.05) is 6.07 Å². The maximum atomic E-state index is 13.2. The summed E-state index contributed by atoms with van der Waals surface area (Å²) in [5.74, 6) is -0.581. The molecule has 0 spiro atoms. The van der Waals surface area contributed by atoms with E-state index in [1.165, 1.54) is 12.1 Å². The molecule has 0 radical (unpaired) electrons. The van der Waals surface area contributed by atoms with Crippen molar-refractivity contribution in [3.05, 3.63) is 35.4 Å². The summed E-state index contributed by atoms with van der Waals surface area (Å²) in [6, 6.07) is 3.60. The highest BCUT2D eigenvalue weighted by Gasteiger charge is 2.26. The molecule has 0 atom stereocenters. The highest BCUT2D eigenvalue weighted by molar-refractivity contribution is 5.18. The zero-order valence-corrected chi connectivity index (χ0v) is 8.92. The molecule has 0 amide bonds. The van der Waals surface area contributed by atoms with Gasteiger partial charge in [-0.3, -0.25) is 0 Å². The van der Waals surface area contributed by atoms with Crippen LogP contribution in [0, 0.1) is 17.6 Å². The maximum absolute atomic E-state index is 13.2. The van der Waals surface area contributed by atoms with E-state index in [0.29, 0.717) is 18.0 Å². The third-order valence-electron chi connectivity index (χ3n) is 2.97. The van der Waals surface area contributed by atoms with Crippen molar-refractivity contribution in [2.24, 2.45) is 5.92 Å². The highest BCUT2D eigenvalue weighted by atomic mass is 19.1. The molecule has 2 N–H and O–H groups in total. The van der Waals surface area contributed by atoms with Gasteiger partial charge in [0.25, 0.3) is 0 Å². The summed E-state index contributed by atoms with van der Waals surface area (Å²) in [5, 5.41) is 12.2. The first-order valence-electron chi connectivity index (χ1n) is 5.48. The van der Waals surface area contributed by atoms with Gasteiger partial charge in [-0.05, 0) is 31.4 Å². The van der Waals surface area contributed by atoms with Crippen molar-refractivity contribution in [3.8, 4) is 0 Å². The lowest BCUT2D eigenvalue weighted by molar-refractivity contribution is 0.0429. The molecule has 0 aliphatic heterocycles. The van der Waals surface area contributed by atoms with E-state index in [9.17, 15) is 8.78 Å². The summed E-state index contributed by atoms with van der Waals surface area (Å²) in [6.07, 6.45) is 1.48. The summed E-state index contributed by atoms with van der Waals surface area (Å²) < 4.78 is 25.8. The van der Waals surface area contributed by atoms with Gasteiger partial charge >= 0.3 is 0 Å². The first-order chi connectivity index (χ1) is 7.65. The molecule has 2 rings (SSSR count). The largest absolute Gasteiger partial charge is 0.393 e. The van der Waals surface area contributed by atoms with Gasteiger partial charge in [0, 0.05) is 18.2 Å². The fourth-order valence-corrected chi connectivity index (χ4v) is 1.94. The molecule has 1 saturated carbocycles. The Morgan fingerprint density at radius 1 is 1.31 bits per heavy atom. The van der Waals surface area contributed by atoms with Crippen LogP contribution in [0.5, 0.6) is 0 Å². The van der Waals surface area contributed by atoms with E-state index in [4.69, 9.17) is 5.11 Å². The molecule has 1 aliphatic carbocycles. The van der Waals surface area contributed by atoms with Crippen LogP contribution in [0.2, 0.25) is 0 Å². The highest BCUT2D eigenvalue weighted by Crippen LogP contribution is 2.26. The molecule has 88 valence electrons. The Labute approximate surface area is 93.3 Å². The van der Waals surface area contributed by atoms with Gasteiger partial charge in [0.1, 0.15) is 11.6 Å². The molecule has 1 fully saturated rings. The second kappa shape index (κ2) is 4.89. The van der Waals surface area contributed by atoms with Gasteiger partial charge in [-0.2, -0.15) is 0 Å². The van der Waals surface area contributed by atoms with E-state index in [-0.39, 0.29) is 6.10 Å². The first kappa shape index (κ1) is 11.5. The van der Waals surface area contributed by atoms with Crippen LogP contribution in [0.1, 0.15) is 18.4 Å². The van der Waals surface area contributed by atoms with E-state index in [2.05, 4.69) is 5.32 Å². The van der Waals surface area contributed by atoms with Crippen LogP contribution in [0.4, 0.5) is 8.78 Å². The summed E-state index contributed by atoms with van der Waals surface area (Å²) in [6.45, 7) is 1.17. The molecular weight excluding hydrogens is 212 g/mol. The maximum Gasteiger partial charge on any atom is 0.130 e. The number of benzene rings is 1. The molecule has 0 saturated heterocycles. The summed E-state index contributed by atoms with van der Waals surface area (Å²) in [7, 11) is 0. The molecule has 0 heterocycles. The van der Waals surface area contributed by atoms with Crippen molar-refractivity contribution >= 4 is 0 Å². The van der Waals surface area contributed by atoms with Crippen molar-refractivity contribution in [3.63, 3.8) is 0 Å². The zero-order valence-electron chi connectivity index (χ0n) is 8.92. The molecular formula is C12H15F2NO. The summed E-state index contributed by atoms with van der Waals surface area (Å²) in [5.41, 5.74) is 0.473. The topological polar surface area (TPSA) is 32.3 Å². The SMILES string of the molecule is OC1CC(CNCc2ccc(F)cc2F)C1. The minimum atomic E-state index is -0.552. The minimum absolute atomic E-state index is 0.158. The standard InChI is InChI=1S/C12H15F2NO/c13-10-2-1-9(12(14)5-10)7-15-6-8-3-11(16)4-8/h1-2,5,8,11,15-16H,3-4,6-7H2. The summed E-state index contributed by atoms with van der Waals surface area (Å²) in [4.78, 5) is 0. The van der Waals surface area contributed by atoms with Crippen LogP contribution in [0.3, 0.4) is 0 Å². The molecule has 4 heteroatoms. The number of rotatable bonds is 4. The molecule has 0 unspecified atom stereocenters. The van der Waals surface area contributed by atoms with E-state index < -0.39 is 11.6 Å². The Bertz CT molecular complexity index is 364. The van der Waals surface area contributed by atoms with Crippen LogP contribution in [-0.4, -0.2) is 17.8 Å². The molecule has 16 heavy (non-hydrogen) atoms. The number of hydrogen-bond donors (Lipinski definition) is 2. The van der Waals surface area contributed by atoms with Crippen LogP contribution < -0.4 is 5.32 Å². The van der Waals surface area contributed by atoms with E-state index in [1.807, 2.05) is 0 Å². The Kier molecular flexibility index (Phi) is 3.51. The number of nitrogens with one attached hydrogen (secondary N) is 1. The Hall–Kier alpha value is -1.00.